The number of likely N-dealkylation sites (N-methyl/N-ethyl adjacent to an activating group) is 1. The first-order valence-corrected chi connectivity index (χ1v) is 8.56. The number of hydrogen-bond donors (Lipinski definition) is 0. The van der Waals surface area contributed by atoms with Crippen molar-refractivity contribution in [1.29, 1.82) is 0 Å². The van der Waals surface area contributed by atoms with Crippen LogP contribution in [0.5, 0.6) is 5.75 Å². The fourth-order valence-electron chi connectivity index (χ4n) is 2.01. The van der Waals surface area contributed by atoms with Crippen molar-refractivity contribution in [2.24, 2.45) is 0 Å². The monoisotopic (exact) mass is 319 g/mol. The van der Waals surface area contributed by atoms with Crippen LogP contribution in [0.1, 0.15) is 11.1 Å². The van der Waals surface area contributed by atoms with E-state index < -0.39 is 10.0 Å². The van der Waals surface area contributed by atoms with Gasteiger partial charge in [-0.2, -0.15) is 4.31 Å². The Hall–Kier alpha value is -1.85. The predicted molar refractivity (Wildman–Crippen MR) is 87.7 cm³/mol. The maximum absolute atomic E-state index is 12.4. The van der Waals surface area contributed by atoms with Crippen molar-refractivity contribution in [3.05, 3.63) is 59.7 Å². The van der Waals surface area contributed by atoms with Gasteiger partial charge < -0.3 is 4.74 Å². The summed E-state index contributed by atoms with van der Waals surface area (Å²) in [4.78, 5) is 0.302. The largest absolute Gasteiger partial charge is 0.492 e. The molecule has 2 rings (SSSR count). The lowest BCUT2D eigenvalue weighted by Gasteiger charge is -2.17. The quantitative estimate of drug-likeness (QED) is 0.822. The summed E-state index contributed by atoms with van der Waals surface area (Å²) in [6, 6.07) is 14.5. The Kier molecular flexibility index (Phi) is 5.21. The minimum absolute atomic E-state index is 0.296. The molecule has 5 heteroatoms. The van der Waals surface area contributed by atoms with Crippen LogP contribution in [0.3, 0.4) is 0 Å². The van der Waals surface area contributed by atoms with Crippen LogP contribution in [0.25, 0.3) is 0 Å². The van der Waals surface area contributed by atoms with Crippen molar-refractivity contribution in [3.63, 3.8) is 0 Å². The van der Waals surface area contributed by atoms with Gasteiger partial charge in [-0.3, -0.25) is 0 Å². The van der Waals surface area contributed by atoms with Gasteiger partial charge in [0.1, 0.15) is 12.4 Å². The molecule has 0 saturated heterocycles. The molecule has 0 heterocycles. The molecule has 0 amide bonds. The summed E-state index contributed by atoms with van der Waals surface area (Å²) in [6.07, 6.45) is 0. The minimum Gasteiger partial charge on any atom is -0.492 e. The van der Waals surface area contributed by atoms with E-state index >= 15 is 0 Å². The molecule has 0 saturated carbocycles. The molecule has 22 heavy (non-hydrogen) atoms. The lowest BCUT2D eigenvalue weighted by molar-refractivity contribution is 0.286. The first-order chi connectivity index (χ1) is 10.4. The molecule has 0 N–H and O–H groups in total. The zero-order chi connectivity index (χ0) is 16.2. The van der Waals surface area contributed by atoms with Crippen molar-refractivity contribution in [2.75, 3.05) is 20.2 Å². The summed E-state index contributed by atoms with van der Waals surface area (Å²) in [5.41, 5.74) is 2.14. The SMILES string of the molecule is Cc1ccc(S(=O)(=O)N(C)CCOc2cccc(C)c2)cc1. The van der Waals surface area contributed by atoms with Crippen LogP contribution in [0.4, 0.5) is 0 Å². The van der Waals surface area contributed by atoms with Crippen molar-refractivity contribution in [2.45, 2.75) is 18.7 Å². The smallest absolute Gasteiger partial charge is 0.242 e. The summed E-state index contributed by atoms with van der Waals surface area (Å²) in [5, 5.41) is 0. The standard InChI is InChI=1S/C17H21NO3S/c1-14-7-9-17(10-8-14)22(19,20)18(3)11-12-21-16-6-4-5-15(2)13-16/h4-10,13H,11-12H2,1-3H3. The van der Waals surface area contributed by atoms with Gasteiger partial charge in [0.05, 0.1) is 4.90 Å². The molecule has 0 aliphatic heterocycles. The molecule has 4 nitrogen and oxygen atoms in total. The summed E-state index contributed by atoms with van der Waals surface area (Å²) in [5.74, 6) is 0.751. The van der Waals surface area contributed by atoms with Crippen LogP contribution in [0.15, 0.2) is 53.4 Å². The van der Waals surface area contributed by atoms with Crippen LogP contribution in [0.2, 0.25) is 0 Å². The summed E-state index contributed by atoms with van der Waals surface area (Å²) in [7, 11) is -1.90. The maximum Gasteiger partial charge on any atom is 0.242 e. The lowest BCUT2D eigenvalue weighted by atomic mass is 10.2. The number of nitrogens with zero attached hydrogens (tertiary/aromatic N) is 1. The zero-order valence-corrected chi connectivity index (χ0v) is 13.9. The van der Waals surface area contributed by atoms with Crippen molar-refractivity contribution >= 4 is 10.0 Å². The second-order valence-electron chi connectivity index (χ2n) is 5.30. The average Bonchev–Trinajstić information content (AvgIpc) is 2.47. The highest BCUT2D eigenvalue weighted by molar-refractivity contribution is 7.89. The highest BCUT2D eigenvalue weighted by atomic mass is 32.2. The van der Waals surface area contributed by atoms with Gasteiger partial charge in [0.25, 0.3) is 0 Å². The molecule has 0 bridgehead atoms. The van der Waals surface area contributed by atoms with E-state index in [4.69, 9.17) is 4.74 Å². The highest BCUT2D eigenvalue weighted by Gasteiger charge is 2.20. The van der Waals surface area contributed by atoms with Crippen LogP contribution in [-0.4, -0.2) is 32.9 Å². The van der Waals surface area contributed by atoms with Crippen LogP contribution in [0, 0.1) is 13.8 Å². The Morgan fingerprint density at radius 2 is 1.68 bits per heavy atom. The van der Waals surface area contributed by atoms with E-state index in [1.165, 1.54) is 4.31 Å². The van der Waals surface area contributed by atoms with E-state index in [0.29, 0.717) is 18.0 Å². The minimum atomic E-state index is -3.47. The predicted octanol–water partition coefficient (Wildman–Crippen LogP) is 3.00. The Balaban J connectivity index is 1.96. The number of aryl methyl sites for hydroxylation is 2. The van der Waals surface area contributed by atoms with Gasteiger partial charge in [-0.25, -0.2) is 8.42 Å². The number of hydrogen-bond acceptors (Lipinski definition) is 3. The Morgan fingerprint density at radius 3 is 2.32 bits per heavy atom. The van der Waals surface area contributed by atoms with Gasteiger partial charge in [-0.05, 0) is 43.7 Å². The number of benzene rings is 2. The Labute approximate surface area is 132 Å². The molecule has 0 aliphatic carbocycles. The lowest BCUT2D eigenvalue weighted by Crippen LogP contribution is -2.31. The van der Waals surface area contributed by atoms with E-state index in [-0.39, 0.29) is 0 Å². The fourth-order valence-corrected chi connectivity index (χ4v) is 3.16. The van der Waals surface area contributed by atoms with Gasteiger partial charge in [-0.1, -0.05) is 29.8 Å². The van der Waals surface area contributed by atoms with E-state index in [1.807, 2.05) is 38.1 Å². The second kappa shape index (κ2) is 6.94. The average molecular weight is 319 g/mol. The van der Waals surface area contributed by atoms with Crippen molar-refractivity contribution in [1.82, 2.24) is 4.31 Å². The van der Waals surface area contributed by atoms with E-state index in [2.05, 4.69) is 0 Å². The van der Waals surface area contributed by atoms with Crippen molar-refractivity contribution in [3.8, 4) is 5.75 Å². The molecule has 0 radical (unpaired) electrons. The molecule has 0 unspecified atom stereocenters. The first-order valence-electron chi connectivity index (χ1n) is 7.12. The Morgan fingerprint density at radius 1 is 1.00 bits per heavy atom. The number of ether oxygens (including phenoxy) is 1. The molecular weight excluding hydrogens is 298 g/mol. The molecule has 0 spiro atoms. The molecule has 0 fully saturated rings. The van der Waals surface area contributed by atoms with Crippen LogP contribution < -0.4 is 4.74 Å². The summed E-state index contributed by atoms with van der Waals surface area (Å²) < 4.78 is 31.7. The van der Waals surface area contributed by atoms with E-state index in [1.54, 1.807) is 31.3 Å². The third kappa shape index (κ3) is 4.08. The normalized spacial score (nSPS) is 11.6. The molecule has 2 aromatic carbocycles. The molecule has 0 atom stereocenters. The molecule has 118 valence electrons. The molecular formula is C17H21NO3S. The topological polar surface area (TPSA) is 46.6 Å². The Bertz CT molecular complexity index is 724. The van der Waals surface area contributed by atoms with Crippen molar-refractivity contribution < 1.29 is 13.2 Å². The summed E-state index contributed by atoms with van der Waals surface area (Å²) >= 11 is 0. The molecule has 0 aromatic heterocycles. The van der Waals surface area contributed by atoms with Gasteiger partial charge in [-0.15, -0.1) is 0 Å². The van der Waals surface area contributed by atoms with Crippen LogP contribution in [-0.2, 0) is 10.0 Å². The van der Waals surface area contributed by atoms with Gasteiger partial charge in [0.2, 0.25) is 10.0 Å². The van der Waals surface area contributed by atoms with E-state index in [0.717, 1.165) is 16.9 Å². The third-order valence-electron chi connectivity index (χ3n) is 3.39. The molecule has 2 aromatic rings. The van der Waals surface area contributed by atoms with E-state index in [9.17, 15) is 8.42 Å². The van der Waals surface area contributed by atoms with Gasteiger partial charge >= 0.3 is 0 Å². The second-order valence-corrected chi connectivity index (χ2v) is 7.35. The van der Waals surface area contributed by atoms with Crippen LogP contribution >= 0.6 is 0 Å². The number of rotatable bonds is 6. The highest BCUT2D eigenvalue weighted by Crippen LogP contribution is 2.16. The number of sulfonamides is 1. The van der Waals surface area contributed by atoms with Gasteiger partial charge in [0.15, 0.2) is 0 Å². The maximum atomic E-state index is 12.4. The molecule has 0 aliphatic rings. The van der Waals surface area contributed by atoms with Gasteiger partial charge in [0, 0.05) is 13.6 Å². The first kappa shape index (κ1) is 16.5. The summed E-state index contributed by atoms with van der Waals surface area (Å²) in [6.45, 7) is 4.52. The fraction of sp³-hybridized carbons (Fsp3) is 0.294. The zero-order valence-electron chi connectivity index (χ0n) is 13.1. The third-order valence-corrected chi connectivity index (χ3v) is 5.26.